The number of imidazole rings is 1. The van der Waals surface area contributed by atoms with E-state index in [0.29, 0.717) is 23.4 Å². The molecule has 8 atom stereocenters. The molecule has 8 heteroatoms. The fourth-order valence-electron chi connectivity index (χ4n) is 8.71. The monoisotopic (exact) mass is 493 g/mol. The molecule has 2 unspecified atom stereocenters. The van der Waals surface area contributed by atoms with Gasteiger partial charge in [0.2, 0.25) is 5.91 Å². The minimum Gasteiger partial charge on any atom is -0.346 e. The van der Waals surface area contributed by atoms with Crippen molar-refractivity contribution in [3.8, 4) is 0 Å². The first-order chi connectivity index (χ1) is 17.1. The number of fused-ring (bicyclic) bond motifs is 6. The van der Waals surface area contributed by atoms with Gasteiger partial charge in [0.15, 0.2) is 11.5 Å². The zero-order chi connectivity index (χ0) is 25.4. The van der Waals surface area contributed by atoms with Crippen LogP contribution in [0.2, 0.25) is 0 Å². The summed E-state index contributed by atoms with van der Waals surface area (Å²) in [5, 5.41) is 3.23. The highest BCUT2D eigenvalue weighted by Crippen LogP contribution is 2.65. The second-order valence-corrected chi connectivity index (χ2v) is 12.1. The Kier molecular flexibility index (Phi) is 5.33. The number of carbonyl (C=O) groups is 2. The standard InChI is InChI=1S/C28H36FN5O2/c1-15(23-32-21-6-5-13-30-24(21)33-23)31-25(35)19-9-8-17-16-7-10-22-28(3,14-20(29)26(36)34(22)4)18(16)11-12-27(17,19)2/h5-6,13-19,22H,7-12H2,1-4H3,(H,31,35)(H,30,32,33)/t15-,16?,17+,18?,19-,22-,27+,28-/m1/s1. The molecule has 2 aromatic heterocycles. The van der Waals surface area contributed by atoms with Crippen LogP contribution < -0.4 is 5.32 Å². The lowest BCUT2D eigenvalue weighted by Gasteiger charge is -2.60. The normalized spacial score (nSPS) is 38.7. The fraction of sp³-hybridized carbons (Fsp3) is 0.643. The Morgan fingerprint density at radius 1 is 1.22 bits per heavy atom. The van der Waals surface area contributed by atoms with E-state index in [1.165, 1.54) is 0 Å². The molecule has 36 heavy (non-hydrogen) atoms. The van der Waals surface area contributed by atoms with Crippen LogP contribution in [-0.2, 0) is 9.59 Å². The van der Waals surface area contributed by atoms with Gasteiger partial charge in [0.1, 0.15) is 5.82 Å². The molecular weight excluding hydrogens is 457 g/mol. The predicted molar refractivity (Wildman–Crippen MR) is 134 cm³/mol. The Morgan fingerprint density at radius 3 is 2.81 bits per heavy atom. The van der Waals surface area contributed by atoms with Gasteiger partial charge >= 0.3 is 0 Å². The molecule has 6 rings (SSSR count). The van der Waals surface area contributed by atoms with Crippen LogP contribution >= 0.6 is 0 Å². The number of hydrogen-bond donors (Lipinski definition) is 2. The molecule has 0 saturated heterocycles. The largest absolute Gasteiger partial charge is 0.346 e. The molecule has 4 aliphatic rings. The third kappa shape index (κ3) is 3.28. The Hall–Kier alpha value is -2.77. The Balaban J connectivity index is 1.21. The van der Waals surface area contributed by atoms with Gasteiger partial charge in [-0.2, -0.15) is 0 Å². The molecule has 0 bridgehead atoms. The van der Waals surface area contributed by atoms with Gasteiger partial charge in [-0.25, -0.2) is 14.4 Å². The van der Waals surface area contributed by atoms with Crippen molar-refractivity contribution in [2.75, 3.05) is 7.05 Å². The lowest BCUT2D eigenvalue weighted by atomic mass is 9.47. The number of halogens is 1. The van der Waals surface area contributed by atoms with Gasteiger partial charge in [-0.1, -0.05) is 13.8 Å². The highest BCUT2D eigenvalue weighted by molar-refractivity contribution is 5.92. The first-order valence-electron chi connectivity index (χ1n) is 13.4. The summed E-state index contributed by atoms with van der Waals surface area (Å²) >= 11 is 0. The summed E-state index contributed by atoms with van der Waals surface area (Å²) in [5.74, 6) is 0.917. The van der Waals surface area contributed by atoms with Crippen LogP contribution in [-0.4, -0.2) is 44.8 Å². The molecule has 2 amide bonds. The molecule has 3 heterocycles. The topological polar surface area (TPSA) is 91.0 Å². The average molecular weight is 494 g/mol. The summed E-state index contributed by atoms with van der Waals surface area (Å²) in [6.45, 7) is 6.43. The highest BCUT2D eigenvalue weighted by atomic mass is 19.1. The van der Waals surface area contributed by atoms with E-state index < -0.39 is 11.7 Å². The summed E-state index contributed by atoms with van der Waals surface area (Å²) in [4.78, 5) is 39.7. The Bertz CT molecular complexity index is 1220. The molecule has 0 aromatic carbocycles. The van der Waals surface area contributed by atoms with Crippen LogP contribution in [0.15, 0.2) is 30.2 Å². The summed E-state index contributed by atoms with van der Waals surface area (Å²) in [6, 6.07) is 3.62. The van der Waals surface area contributed by atoms with Gasteiger partial charge in [0.25, 0.3) is 5.91 Å². The minimum atomic E-state index is -0.608. The number of nitrogens with one attached hydrogen (secondary N) is 2. The molecule has 3 aliphatic carbocycles. The molecule has 2 N–H and O–H groups in total. The lowest BCUT2D eigenvalue weighted by molar-refractivity contribution is -0.145. The summed E-state index contributed by atoms with van der Waals surface area (Å²) in [6.07, 6.45) is 9.11. The third-order valence-corrected chi connectivity index (χ3v) is 10.5. The number of hydrogen-bond acceptors (Lipinski definition) is 4. The molecule has 192 valence electrons. The molecule has 1 aliphatic heterocycles. The number of aromatic nitrogens is 3. The first-order valence-corrected chi connectivity index (χ1v) is 13.4. The zero-order valence-corrected chi connectivity index (χ0v) is 21.6. The van der Waals surface area contributed by atoms with Crippen LogP contribution in [0.3, 0.4) is 0 Å². The van der Waals surface area contributed by atoms with E-state index in [-0.39, 0.29) is 34.7 Å². The van der Waals surface area contributed by atoms with Crippen LogP contribution in [0, 0.1) is 34.5 Å². The number of nitrogens with zero attached hydrogens (tertiary/aromatic N) is 3. The van der Waals surface area contributed by atoms with E-state index in [0.717, 1.165) is 49.9 Å². The van der Waals surface area contributed by atoms with Gasteiger partial charge in [-0.3, -0.25) is 9.59 Å². The van der Waals surface area contributed by atoms with Crippen molar-refractivity contribution < 1.29 is 14.0 Å². The van der Waals surface area contributed by atoms with Crippen molar-refractivity contribution in [1.82, 2.24) is 25.2 Å². The molecule has 2 aromatic rings. The van der Waals surface area contributed by atoms with Crippen LogP contribution in [0.5, 0.6) is 0 Å². The van der Waals surface area contributed by atoms with Crippen molar-refractivity contribution in [3.63, 3.8) is 0 Å². The molecule has 7 nitrogen and oxygen atoms in total. The maximum Gasteiger partial charge on any atom is 0.282 e. The fourth-order valence-corrected chi connectivity index (χ4v) is 8.71. The minimum absolute atomic E-state index is 0.0400. The number of H-pyrrole nitrogens is 1. The van der Waals surface area contributed by atoms with Crippen LogP contribution in [0.25, 0.3) is 11.2 Å². The average Bonchev–Trinajstić information content (AvgIpc) is 3.43. The van der Waals surface area contributed by atoms with Gasteiger partial charge in [-0.05, 0) is 86.8 Å². The molecule has 3 fully saturated rings. The maximum atomic E-state index is 14.6. The Morgan fingerprint density at radius 2 is 2.03 bits per heavy atom. The van der Waals surface area contributed by atoms with Gasteiger partial charge in [0, 0.05) is 30.6 Å². The van der Waals surface area contributed by atoms with Crippen molar-refractivity contribution in [2.45, 2.75) is 71.4 Å². The molecular formula is C28H36FN5O2. The quantitative estimate of drug-likeness (QED) is 0.649. The number of carbonyl (C=O) groups excluding carboxylic acids is 2. The van der Waals surface area contributed by atoms with Gasteiger partial charge in [-0.15, -0.1) is 0 Å². The second-order valence-electron chi connectivity index (χ2n) is 12.1. The van der Waals surface area contributed by atoms with Crippen molar-refractivity contribution in [3.05, 3.63) is 36.1 Å². The van der Waals surface area contributed by atoms with Gasteiger partial charge in [0.05, 0.1) is 11.6 Å². The SMILES string of the molecule is C[C@@H](NC(=O)[C@H]1CC[C@H]2C3CC[C@H]4N(C)C(=O)C(F)=C[C@]4(C)C3CC[C@]12C)c1nc2ncccc2[nH]1. The van der Waals surface area contributed by atoms with Crippen LogP contribution in [0.4, 0.5) is 4.39 Å². The summed E-state index contributed by atoms with van der Waals surface area (Å²) < 4.78 is 14.6. The molecule has 0 spiro atoms. The molecule has 3 saturated carbocycles. The third-order valence-electron chi connectivity index (χ3n) is 10.5. The number of rotatable bonds is 3. The lowest BCUT2D eigenvalue weighted by Crippen LogP contribution is -2.60. The number of likely N-dealkylation sites (N-methyl/N-ethyl adjacent to an activating group) is 1. The van der Waals surface area contributed by atoms with E-state index in [9.17, 15) is 14.0 Å². The van der Waals surface area contributed by atoms with Crippen molar-refractivity contribution in [2.24, 2.45) is 34.5 Å². The number of aromatic amines is 1. The smallest absolute Gasteiger partial charge is 0.282 e. The Labute approximate surface area is 211 Å². The maximum absolute atomic E-state index is 14.6. The van der Waals surface area contributed by atoms with Gasteiger partial charge < -0.3 is 15.2 Å². The highest BCUT2D eigenvalue weighted by Gasteiger charge is 2.62. The van der Waals surface area contributed by atoms with Crippen LogP contribution in [0.1, 0.15) is 71.2 Å². The number of pyridine rings is 1. The van der Waals surface area contributed by atoms with E-state index in [1.54, 1.807) is 24.2 Å². The van der Waals surface area contributed by atoms with Crippen molar-refractivity contribution in [1.29, 1.82) is 0 Å². The second kappa shape index (κ2) is 8.12. The summed E-state index contributed by atoms with van der Waals surface area (Å²) in [5.41, 5.74) is 1.11. The van der Waals surface area contributed by atoms with Crippen molar-refractivity contribution >= 4 is 23.0 Å². The summed E-state index contributed by atoms with van der Waals surface area (Å²) in [7, 11) is 1.75. The first kappa shape index (κ1) is 23.6. The molecule has 0 radical (unpaired) electrons. The van der Waals surface area contributed by atoms with E-state index in [2.05, 4.69) is 34.1 Å². The number of amides is 2. The van der Waals surface area contributed by atoms with E-state index >= 15 is 0 Å². The van der Waals surface area contributed by atoms with E-state index in [1.807, 2.05) is 19.1 Å². The van der Waals surface area contributed by atoms with E-state index in [4.69, 9.17) is 0 Å². The predicted octanol–water partition coefficient (Wildman–Crippen LogP) is 4.69. The zero-order valence-electron chi connectivity index (χ0n) is 21.6.